The molecule has 0 aromatic rings. The summed E-state index contributed by atoms with van der Waals surface area (Å²) in [5.74, 6) is -0.878. The largest absolute Gasteiger partial charge is 0.481 e. The minimum absolute atomic E-state index is 0.00327. The van der Waals surface area contributed by atoms with Gasteiger partial charge in [-0.05, 0) is 18.8 Å². The molecule has 5 heteroatoms. The number of hydrogen-bond donors (Lipinski definition) is 1. The third-order valence-corrected chi connectivity index (χ3v) is 3.49. The maximum Gasteiger partial charge on any atom is 0.303 e. The third kappa shape index (κ3) is 3.98. The van der Waals surface area contributed by atoms with E-state index in [2.05, 4.69) is 0 Å². The number of rotatable bonds is 5. The number of carbonyl (C=O) groups is 2. The summed E-state index contributed by atoms with van der Waals surface area (Å²) in [5, 5.41) is 8.81. The molecule has 2 unspecified atom stereocenters. The number of aliphatic carboxylic acids is 1. The summed E-state index contributed by atoms with van der Waals surface area (Å²) < 4.78 is 5.44. The van der Waals surface area contributed by atoms with Gasteiger partial charge >= 0.3 is 5.97 Å². The van der Waals surface area contributed by atoms with Crippen molar-refractivity contribution >= 4 is 11.9 Å². The van der Waals surface area contributed by atoms with E-state index < -0.39 is 11.4 Å². The van der Waals surface area contributed by atoms with Gasteiger partial charge in [0.2, 0.25) is 5.91 Å². The van der Waals surface area contributed by atoms with Crippen molar-refractivity contribution in [3.8, 4) is 0 Å². The molecule has 18 heavy (non-hydrogen) atoms. The topological polar surface area (TPSA) is 66.8 Å². The lowest BCUT2D eigenvalue weighted by molar-refractivity contribution is -0.141. The maximum atomic E-state index is 12.2. The van der Waals surface area contributed by atoms with Crippen LogP contribution >= 0.6 is 0 Å². The molecular weight excluding hydrogens is 234 g/mol. The van der Waals surface area contributed by atoms with E-state index in [4.69, 9.17) is 9.84 Å². The Labute approximate surface area is 108 Å². The first-order valence-electron chi connectivity index (χ1n) is 6.32. The predicted molar refractivity (Wildman–Crippen MR) is 67.2 cm³/mol. The standard InChI is InChI=1S/C13H23NO4/c1-9-10(5-6-18-9)14(4)11(15)7-13(2,3)8-12(16)17/h9-10H,5-8H2,1-4H3,(H,16,17). The fourth-order valence-electron chi connectivity index (χ4n) is 2.42. The SMILES string of the molecule is CC1OCCC1N(C)C(=O)CC(C)(C)CC(=O)O. The van der Waals surface area contributed by atoms with Gasteiger partial charge in [0.25, 0.3) is 0 Å². The number of ether oxygens (including phenoxy) is 1. The second-order valence-electron chi connectivity index (χ2n) is 5.85. The molecule has 1 N–H and O–H groups in total. The van der Waals surface area contributed by atoms with Crippen molar-refractivity contribution in [2.24, 2.45) is 5.41 Å². The number of carboxylic acids is 1. The Morgan fingerprint density at radius 1 is 1.39 bits per heavy atom. The Hall–Kier alpha value is -1.10. The molecule has 104 valence electrons. The van der Waals surface area contributed by atoms with Crippen molar-refractivity contribution in [3.05, 3.63) is 0 Å². The minimum Gasteiger partial charge on any atom is -0.481 e. The van der Waals surface area contributed by atoms with E-state index in [-0.39, 0.29) is 30.9 Å². The first kappa shape index (κ1) is 15.0. The van der Waals surface area contributed by atoms with Gasteiger partial charge in [-0.2, -0.15) is 0 Å². The van der Waals surface area contributed by atoms with Crippen LogP contribution < -0.4 is 0 Å². The van der Waals surface area contributed by atoms with Gasteiger partial charge < -0.3 is 14.7 Å². The van der Waals surface area contributed by atoms with Crippen molar-refractivity contribution in [3.63, 3.8) is 0 Å². The van der Waals surface area contributed by atoms with Gasteiger partial charge in [0.1, 0.15) is 0 Å². The average molecular weight is 257 g/mol. The fraction of sp³-hybridized carbons (Fsp3) is 0.846. The van der Waals surface area contributed by atoms with E-state index in [1.165, 1.54) is 0 Å². The summed E-state index contributed by atoms with van der Waals surface area (Å²) in [7, 11) is 1.77. The number of carboxylic acid groups (broad SMARTS) is 1. The smallest absolute Gasteiger partial charge is 0.303 e. The first-order valence-corrected chi connectivity index (χ1v) is 6.32. The summed E-state index contributed by atoms with van der Waals surface area (Å²) in [6, 6.07) is 0.109. The Morgan fingerprint density at radius 3 is 2.44 bits per heavy atom. The number of nitrogens with zero attached hydrogens (tertiary/aromatic N) is 1. The molecule has 0 aliphatic carbocycles. The number of hydrogen-bond acceptors (Lipinski definition) is 3. The predicted octanol–water partition coefficient (Wildman–Crippen LogP) is 1.51. The van der Waals surface area contributed by atoms with Gasteiger partial charge in [-0.1, -0.05) is 13.8 Å². The van der Waals surface area contributed by atoms with Gasteiger partial charge in [0.05, 0.1) is 18.6 Å². The quantitative estimate of drug-likeness (QED) is 0.810. The van der Waals surface area contributed by atoms with Crippen molar-refractivity contribution in [1.29, 1.82) is 0 Å². The minimum atomic E-state index is -0.868. The van der Waals surface area contributed by atoms with Crippen LogP contribution in [0.1, 0.15) is 40.0 Å². The molecule has 1 aliphatic rings. The molecular formula is C13H23NO4. The average Bonchev–Trinajstić information content (AvgIpc) is 2.60. The Kier molecular flexibility index (Phi) is 4.73. The zero-order valence-electron chi connectivity index (χ0n) is 11.6. The van der Waals surface area contributed by atoms with Gasteiger partial charge in [0, 0.05) is 20.1 Å². The molecule has 1 fully saturated rings. The third-order valence-electron chi connectivity index (χ3n) is 3.49. The van der Waals surface area contributed by atoms with Crippen molar-refractivity contribution in [2.45, 2.75) is 52.2 Å². The molecule has 5 nitrogen and oxygen atoms in total. The van der Waals surface area contributed by atoms with E-state index in [9.17, 15) is 9.59 Å². The molecule has 1 saturated heterocycles. The Balaban J connectivity index is 2.56. The van der Waals surface area contributed by atoms with Crippen LogP contribution in [0, 0.1) is 5.41 Å². The van der Waals surface area contributed by atoms with E-state index in [1.807, 2.05) is 6.92 Å². The highest BCUT2D eigenvalue weighted by Gasteiger charge is 2.33. The lowest BCUT2D eigenvalue weighted by Gasteiger charge is -2.30. The molecule has 1 amide bonds. The number of amides is 1. The number of carbonyl (C=O) groups excluding carboxylic acids is 1. The molecule has 0 radical (unpaired) electrons. The monoisotopic (exact) mass is 257 g/mol. The highest BCUT2D eigenvalue weighted by atomic mass is 16.5. The molecule has 1 heterocycles. The van der Waals surface area contributed by atoms with Crippen LogP contribution in [0.2, 0.25) is 0 Å². The molecule has 1 rings (SSSR count). The van der Waals surface area contributed by atoms with E-state index >= 15 is 0 Å². The van der Waals surface area contributed by atoms with Crippen LogP contribution in [-0.4, -0.2) is 47.7 Å². The normalized spacial score (nSPS) is 24.0. The van der Waals surface area contributed by atoms with Gasteiger partial charge in [0.15, 0.2) is 0 Å². The van der Waals surface area contributed by atoms with E-state index in [0.717, 1.165) is 6.42 Å². The lowest BCUT2D eigenvalue weighted by Crippen LogP contribution is -2.42. The van der Waals surface area contributed by atoms with Gasteiger partial charge in [-0.3, -0.25) is 9.59 Å². The van der Waals surface area contributed by atoms with Crippen molar-refractivity contribution < 1.29 is 19.4 Å². The van der Waals surface area contributed by atoms with Crippen LogP contribution in [0.3, 0.4) is 0 Å². The molecule has 0 bridgehead atoms. The maximum absolute atomic E-state index is 12.2. The summed E-state index contributed by atoms with van der Waals surface area (Å²) in [6.45, 7) is 6.26. The van der Waals surface area contributed by atoms with Crippen LogP contribution in [0.15, 0.2) is 0 Å². The second-order valence-corrected chi connectivity index (χ2v) is 5.85. The van der Waals surface area contributed by atoms with E-state index in [0.29, 0.717) is 6.61 Å². The molecule has 2 atom stereocenters. The highest BCUT2D eigenvalue weighted by molar-refractivity contribution is 5.78. The summed E-state index contributed by atoms with van der Waals surface area (Å²) in [6.07, 6.45) is 1.16. The Morgan fingerprint density at radius 2 is 2.00 bits per heavy atom. The van der Waals surface area contributed by atoms with Crippen LogP contribution in [0.25, 0.3) is 0 Å². The van der Waals surface area contributed by atoms with E-state index in [1.54, 1.807) is 25.8 Å². The van der Waals surface area contributed by atoms with Gasteiger partial charge in [-0.15, -0.1) is 0 Å². The van der Waals surface area contributed by atoms with Crippen LogP contribution in [0.4, 0.5) is 0 Å². The summed E-state index contributed by atoms with van der Waals surface area (Å²) >= 11 is 0. The van der Waals surface area contributed by atoms with Crippen molar-refractivity contribution in [1.82, 2.24) is 4.90 Å². The molecule has 0 saturated carbocycles. The lowest BCUT2D eigenvalue weighted by atomic mass is 9.85. The zero-order chi connectivity index (χ0) is 13.9. The van der Waals surface area contributed by atoms with Crippen molar-refractivity contribution in [2.75, 3.05) is 13.7 Å². The van der Waals surface area contributed by atoms with Crippen LogP contribution in [-0.2, 0) is 14.3 Å². The van der Waals surface area contributed by atoms with Crippen LogP contribution in [0.5, 0.6) is 0 Å². The summed E-state index contributed by atoms with van der Waals surface area (Å²) in [5.41, 5.74) is -0.514. The Bertz CT molecular complexity index is 327. The highest BCUT2D eigenvalue weighted by Crippen LogP contribution is 2.27. The fourth-order valence-corrected chi connectivity index (χ4v) is 2.42. The first-order chi connectivity index (χ1) is 8.23. The number of likely N-dealkylation sites (N-methyl/N-ethyl adjacent to an activating group) is 1. The van der Waals surface area contributed by atoms with Gasteiger partial charge in [-0.25, -0.2) is 0 Å². The zero-order valence-corrected chi connectivity index (χ0v) is 11.6. The molecule has 1 aliphatic heterocycles. The molecule has 0 aromatic carbocycles. The second kappa shape index (κ2) is 5.69. The summed E-state index contributed by atoms with van der Waals surface area (Å²) in [4.78, 5) is 24.6. The molecule has 0 spiro atoms. The molecule has 0 aromatic heterocycles.